The first-order valence-electron chi connectivity index (χ1n) is 6.94. The summed E-state index contributed by atoms with van der Waals surface area (Å²) in [7, 11) is 1.31. The number of carbonyl (C=O) groups excluding carboxylic acids is 3. The van der Waals surface area contributed by atoms with Crippen LogP contribution in [0.25, 0.3) is 0 Å². The Hall–Kier alpha value is -1.93. The SMILES string of the molecule is COC(=O)c1sccc1NC(=O)CN1CCN(C(C)=O)CC1. The molecular formula is C14H19N3O4S. The van der Waals surface area contributed by atoms with Crippen LogP contribution in [-0.4, -0.2) is 67.4 Å². The van der Waals surface area contributed by atoms with Crippen LogP contribution in [0.3, 0.4) is 0 Å². The van der Waals surface area contributed by atoms with Gasteiger partial charge in [-0.25, -0.2) is 4.79 Å². The van der Waals surface area contributed by atoms with E-state index in [9.17, 15) is 14.4 Å². The molecule has 120 valence electrons. The van der Waals surface area contributed by atoms with E-state index in [1.165, 1.54) is 18.4 Å². The monoisotopic (exact) mass is 325 g/mol. The Morgan fingerprint density at radius 1 is 1.27 bits per heavy atom. The van der Waals surface area contributed by atoms with Crippen molar-refractivity contribution in [2.45, 2.75) is 6.92 Å². The molecule has 0 spiro atoms. The molecule has 22 heavy (non-hydrogen) atoms. The molecule has 0 saturated carbocycles. The summed E-state index contributed by atoms with van der Waals surface area (Å²) in [5, 5.41) is 4.47. The van der Waals surface area contributed by atoms with Crippen LogP contribution in [0.15, 0.2) is 11.4 Å². The zero-order valence-electron chi connectivity index (χ0n) is 12.6. The average Bonchev–Trinajstić information content (AvgIpc) is 2.95. The molecule has 2 amide bonds. The topological polar surface area (TPSA) is 79.0 Å². The van der Waals surface area contributed by atoms with Crippen molar-refractivity contribution in [1.29, 1.82) is 0 Å². The molecule has 0 aromatic carbocycles. The summed E-state index contributed by atoms with van der Waals surface area (Å²) in [5.74, 6) is -0.578. The number of rotatable bonds is 4. The average molecular weight is 325 g/mol. The Morgan fingerprint density at radius 3 is 2.55 bits per heavy atom. The highest BCUT2D eigenvalue weighted by Gasteiger charge is 2.21. The second kappa shape index (κ2) is 7.37. The maximum absolute atomic E-state index is 12.1. The van der Waals surface area contributed by atoms with E-state index in [-0.39, 0.29) is 18.4 Å². The van der Waals surface area contributed by atoms with Crippen molar-refractivity contribution in [3.05, 3.63) is 16.3 Å². The number of anilines is 1. The van der Waals surface area contributed by atoms with Crippen LogP contribution in [0, 0.1) is 0 Å². The van der Waals surface area contributed by atoms with Gasteiger partial charge < -0.3 is 15.0 Å². The van der Waals surface area contributed by atoms with Crippen LogP contribution >= 0.6 is 11.3 Å². The summed E-state index contributed by atoms with van der Waals surface area (Å²) in [4.78, 5) is 39.0. The number of ether oxygens (including phenoxy) is 1. The highest BCUT2D eigenvalue weighted by atomic mass is 32.1. The van der Waals surface area contributed by atoms with E-state index < -0.39 is 5.97 Å². The number of nitrogens with one attached hydrogen (secondary N) is 1. The molecule has 1 aliphatic heterocycles. The number of hydrogen-bond donors (Lipinski definition) is 1. The number of hydrogen-bond acceptors (Lipinski definition) is 6. The number of amides is 2. The van der Waals surface area contributed by atoms with E-state index in [0.29, 0.717) is 36.7 Å². The van der Waals surface area contributed by atoms with Crippen LogP contribution in [0.5, 0.6) is 0 Å². The fraction of sp³-hybridized carbons (Fsp3) is 0.500. The third-order valence-corrected chi connectivity index (χ3v) is 4.39. The lowest BCUT2D eigenvalue weighted by Gasteiger charge is -2.33. The molecule has 0 aliphatic carbocycles. The van der Waals surface area contributed by atoms with E-state index in [4.69, 9.17) is 0 Å². The molecule has 1 saturated heterocycles. The molecule has 0 radical (unpaired) electrons. The quantitative estimate of drug-likeness (QED) is 0.822. The Morgan fingerprint density at radius 2 is 1.95 bits per heavy atom. The maximum Gasteiger partial charge on any atom is 0.350 e. The predicted octanol–water partition coefficient (Wildman–Crippen LogP) is 0.637. The van der Waals surface area contributed by atoms with Gasteiger partial charge >= 0.3 is 5.97 Å². The van der Waals surface area contributed by atoms with E-state index >= 15 is 0 Å². The maximum atomic E-state index is 12.1. The lowest BCUT2D eigenvalue weighted by Crippen LogP contribution is -2.49. The zero-order chi connectivity index (χ0) is 16.1. The van der Waals surface area contributed by atoms with Crippen molar-refractivity contribution in [2.75, 3.05) is 45.2 Å². The first-order valence-corrected chi connectivity index (χ1v) is 7.82. The molecular weight excluding hydrogens is 306 g/mol. The number of methoxy groups -OCH3 is 1. The van der Waals surface area contributed by atoms with E-state index in [2.05, 4.69) is 10.1 Å². The third-order valence-electron chi connectivity index (χ3n) is 3.49. The third kappa shape index (κ3) is 4.05. The molecule has 1 aromatic rings. The van der Waals surface area contributed by atoms with Crippen LogP contribution in [0.4, 0.5) is 5.69 Å². The minimum atomic E-state index is -0.458. The van der Waals surface area contributed by atoms with E-state index in [1.54, 1.807) is 23.3 Å². The lowest BCUT2D eigenvalue weighted by molar-refractivity contribution is -0.130. The summed E-state index contributed by atoms with van der Waals surface area (Å²) in [6, 6.07) is 1.68. The largest absolute Gasteiger partial charge is 0.465 e. The molecule has 0 atom stereocenters. The minimum Gasteiger partial charge on any atom is -0.465 e. The summed E-state index contributed by atoms with van der Waals surface area (Å²) < 4.78 is 4.67. The first kappa shape index (κ1) is 16.4. The number of carbonyl (C=O) groups is 3. The highest BCUT2D eigenvalue weighted by Crippen LogP contribution is 2.23. The van der Waals surface area contributed by atoms with Gasteiger partial charge in [0.25, 0.3) is 0 Å². The van der Waals surface area contributed by atoms with Gasteiger partial charge in [0, 0.05) is 33.1 Å². The van der Waals surface area contributed by atoms with Crippen molar-refractivity contribution >= 4 is 34.8 Å². The molecule has 7 nitrogen and oxygen atoms in total. The molecule has 1 aromatic heterocycles. The van der Waals surface area contributed by atoms with Crippen LogP contribution in [0.1, 0.15) is 16.6 Å². The van der Waals surface area contributed by atoms with Crippen LogP contribution < -0.4 is 5.32 Å². The molecule has 0 bridgehead atoms. The molecule has 8 heteroatoms. The van der Waals surface area contributed by atoms with Crippen molar-refractivity contribution in [3.63, 3.8) is 0 Å². The van der Waals surface area contributed by atoms with Crippen molar-refractivity contribution in [1.82, 2.24) is 9.80 Å². The summed E-state index contributed by atoms with van der Waals surface area (Å²) in [5.41, 5.74) is 0.476. The van der Waals surface area contributed by atoms with Gasteiger partial charge in [-0.3, -0.25) is 14.5 Å². The van der Waals surface area contributed by atoms with Gasteiger partial charge in [0.1, 0.15) is 4.88 Å². The second-order valence-corrected chi connectivity index (χ2v) is 5.90. The molecule has 1 aliphatic rings. The molecule has 1 N–H and O–H groups in total. The Kier molecular flexibility index (Phi) is 5.51. The van der Waals surface area contributed by atoms with Gasteiger partial charge in [-0.05, 0) is 11.4 Å². The van der Waals surface area contributed by atoms with Gasteiger partial charge in [-0.1, -0.05) is 0 Å². The van der Waals surface area contributed by atoms with Gasteiger partial charge in [0.15, 0.2) is 0 Å². The number of piperazine rings is 1. The Labute approximate surface area is 132 Å². The van der Waals surface area contributed by atoms with Crippen molar-refractivity contribution < 1.29 is 19.1 Å². The van der Waals surface area contributed by atoms with Crippen molar-refractivity contribution in [3.8, 4) is 0 Å². The number of esters is 1. The molecule has 0 unspecified atom stereocenters. The predicted molar refractivity (Wildman–Crippen MR) is 83.0 cm³/mol. The van der Waals surface area contributed by atoms with Gasteiger partial charge in [-0.2, -0.15) is 0 Å². The molecule has 2 rings (SSSR count). The number of thiophene rings is 1. The highest BCUT2D eigenvalue weighted by molar-refractivity contribution is 7.12. The Balaban J connectivity index is 1.85. The van der Waals surface area contributed by atoms with Crippen LogP contribution in [0.2, 0.25) is 0 Å². The molecule has 1 fully saturated rings. The Bertz CT molecular complexity index is 564. The summed E-state index contributed by atoms with van der Waals surface area (Å²) >= 11 is 1.23. The lowest BCUT2D eigenvalue weighted by atomic mass is 10.3. The number of nitrogens with zero attached hydrogens (tertiary/aromatic N) is 2. The van der Waals surface area contributed by atoms with Gasteiger partial charge in [0.2, 0.25) is 11.8 Å². The van der Waals surface area contributed by atoms with Gasteiger partial charge in [0.05, 0.1) is 19.3 Å². The van der Waals surface area contributed by atoms with Crippen molar-refractivity contribution in [2.24, 2.45) is 0 Å². The fourth-order valence-corrected chi connectivity index (χ4v) is 3.04. The molecule has 2 heterocycles. The summed E-state index contributed by atoms with van der Waals surface area (Å²) in [6.45, 7) is 4.39. The van der Waals surface area contributed by atoms with E-state index in [0.717, 1.165) is 0 Å². The minimum absolute atomic E-state index is 0.0603. The zero-order valence-corrected chi connectivity index (χ0v) is 13.4. The normalized spacial score (nSPS) is 15.5. The fourth-order valence-electron chi connectivity index (χ4n) is 2.27. The summed E-state index contributed by atoms with van der Waals surface area (Å²) in [6.07, 6.45) is 0. The van der Waals surface area contributed by atoms with E-state index in [1.807, 2.05) is 4.90 Å². The van der Waals surface area contributed by atoms with Gasteiger partial charge in [-0.15, -0.1) is 11.3 Å². The second-order valence-electron chi connectivity index (χ2n) is 4.99. The standard InChI is InChI=1S/C14H19N3O4S/c1-10(18)17-6-4-16(5-7-17)9-12(19)15-11-3-8-22-13(11)14(20)21-2/h3,8H,4-7,9H2,1-2H3,(H,15,19). The smallest absolute Gasteiger partial charge is 0.350 e. The van der Waals surface area contributed by atoms with Crippen LogP contribution in [-0.2, 0) is 14.3 Å². The first-order chi connectivity index (χ1) is 10.5.